The van der Waals surface area contributed by atoms with Crippen LogP contribution < -0.4 is 29.7 Å². The summed E-state index contributed by atoms with van der Waals surface area (Å²) in [7, 11) is 3.06. The number of thiophene rings is 1. The van der Waals surface area contributed by atoms with Crippen molar-refractivity contribution in [1.29, 1.82) is 0 Å². The lowest BCUT2D eigenvalue weighted by Gasteiger charge is -2.27. The molecule has 10 nitrogen and oxygen atoms in total. The van der Waals surface area contributed by atoms with E-state index in [1.807, 2.05) is 30.3 Å². The van der Waals surface area contributed by atoms with E-state index in [4.69, 9.17) is 14.2 Å². The third-order valence-corrected chi connectivity index (χ3v) is 7.13. The molecule has 5 aromatic rings. The molecule has 0 bridgehead atoms. The first-order valence-electron chi connectivity index (χ1n) is 11.8. The summed E-state index contributed by atoms with van der Waals surface area (Å²) >= 11 is 1.17. The molecule has 2 aromatic heterocycles. The zero-order chi connectivity index (χ0) is 26.9. The number of hydrogen-bond donors (Lipinski definition) is 2. The molecule has 0 spiro atoms. The molecule has 1 aliphatic rings. The van der Waals surface area contributed by atoms with E-state index in [-0.39, 0.29) is 0 Å². The third kappa shape index (κ3) is 4.44. The van der Waals surface area contributed by atoms with Crippen molar-refractivity contribution in [2.75, 3.05) is 29.8 Å². The maximum absolute atomic E-state index is 13.3. The van der Waals surface area contributed by atoms with E-state index >= 15 is 0 Å². The van der Waals surface area contributed by atoms with E-state index in [9.17, 15) is 9.59 Å². The summed E-state index contributed by atoms with van der Waals surface area (Å²) in [6, 6.07) is 21.1. The number of urea groups is 1. The topological polar surface area (TPSA) is 115 Å². The van der Waals surface area contributed by atoms with Gasteiger partial charge in [-0.1, -0.05) is 18.2 Å². The Bertz CT molecular complexity index is 1710. The number of carbonyl (C=O) groups is 2. The first kappa shape index (κ1) is 24.2. The summed E-state index contributed by atoms with van der Waals surface area (Å²) in [6.45, 7) is 0. The number of aromatic nitrogens is 2. The monoisotopic (exact) mass is 539 g/mol. The van der Waals surface area contributed by atoms with Gasteiger partial charge in [-0.2, -0.15) is 0 Å². The Hall–Kier alpha value is -5.16. The van der Waals surface area contributed by atoms with Gasteiger partial charge in [0.05, 0.1) is 31.0 Å². The summed E-state index contributed by atoms with van der Waals surface area (Å²) in [5, 5.41) is 6.31. The summed E-state index contributed by atoms with van der Waals surface area (Å²) in [5.74, 6) is 2.34. The zero-order valence-corrected chi connectivity index (χ0v) is 21.6. The van der Waals surface area contributed by atoms with Gasteiger partial charge in [0.1, 0.15) is 27.5 Å². The van der Waals surface area contributed by atoms with Gasteiger partial charge in [-0.25, -0.2) is 19.7 Å². The molecule has 3 aromatic carbocycles. The summed E-state index contributed by atoms with van der Waals surface area (Å²) in [4.78, 5) is 37.7. The molecule has 6 rings (SSSR count). The highest BCUT2D eigenvalue weighted by atomic mass is 32.1. The molecule has 11 heteroatoms. The highest BCUT2D eigenvalue weighted by Crippen LogP contribution is 2.45. The fraction of sp³-hybridized carbons (Fsp3) is 0.0714. The quantitative estimate of drug-likeness (QED) is 0.245. The van der Waals surface area contributed by atoms with Crippen LogP contribution in [0.3, 0.4) is 0 Å². The van der Waals surface area contributed by atoms with Crippen LogP contribution >= 0.6 is 11.3 Å². The molecule has 0 saturated heterocycles. The van der Waals surface area contributed by atoms with Gasteiger partial charge in [0.15, 0.2) is 17.3 Å². The lowest BCUT2D eigenvalue weighted by Crippen LogP contribution is -2.35. The van der Waals surface area contributed by atoms with Gasteiger partial charge in [0, 0.05) is 11.8 Å². The van der Waals surface area contributed by atoms with Crippen molar-refractivity contribution in [1.82, 2.24) is 9.97 Å². The van der Waals surface area contributed by atoms with Crippen LogP contribution in [0.2, 0.25) is 0 Å². The van der Waals surface area contributed by atoms with E-state index in [2.05, 4.69) is 20.6 Å². The van der Waals surface area contributed by atoms with Crippen LogP contribution in [0.4, 0.5) is 27.7 Å². The summed E-state index contributed by atoms with van der Waals surface area (Å²) < 4.78 is 16.4. The minimum atomic E-state index is -0.446. The molecule has 3 heterocycles. The van der Waals surface area contributed by atoms with Crippen molar-refractivity contribution in [3.05, 3.63) is 84.0 Å². The standard InChI is InChI=1S/C28H21N5O5S/c1-36-20-13-8-16(14-21(20)37-2)31-26(34)24-23-22-25(29-15-30-27(22)39-24)33(28(35)32-23)17-9-11-19(12-10-17)38-18-6-4-3-5-7-18/h3-15H,1-2H3,(H,31,34)(H,32,35). The SMILES string of the molecule is COc1ccc(NC(=O)c2sc3ncnc4c3c2NC(=O)N4c2ccc(Oc3ccccc3)cc2)cc1OC. The second kappa shape index (κ2) is 9.95. The van der Waals surface area contributed by atoms with Crippen LogP contribution in [-0.2, 0) is 0 Å². The Morgan fingerprint density at radius 3 is 2.41 bits per heavy atom. The molecular formula is C28H21N5O5S. The molecule has 2 N–H and O–H groups in total. The molecule has 0 radical (unpaired) electrons. The molecule has 0 saturated carbocycles. The van der Waals surface area contributed by atoms with E-state index in [0.717, 1.165) is 0 Å². The number of rotatable bonds is 7. The van der Waals surface area contributed by atoms with Gasteiger partial charge in [-0.15, -0.1) is 11.3 Å². The number of carbonyl (C=O) groups excluding carboxylic acids is 2. The normalized spacial score (nSPS) is 12.2. The number of anilines is 4. The van der Waals surface area contributed by atoms with Crippen LogP contribution in [0.25, 0.3) is 10.2 Å². The van der Waals surface area contributed by atoms with Crippen molar-refractivity contribution in [2.24, 2.45) is 0 Å². The van der Waals surface area contributed by atoms with Crippen LogP contribution in [0.5, 0.6) is 23.0 Å². The van der Waals surface area contributed by atoms with Gasteiger partial charge in [0.2, 0.25) is 0 Å². The minimum absolute atomic E-state index is 0.307. The number of ether oxygens (including phenoxy) is 3. The molecule has 194 valence electrons. The van der Waals surface area contributed by atoms with Crippen molar-refractivity contribution >= 4 is 56.4 Å². The Morgan fingerprint density at radius 2 is 1.67 bits per heavy atom. The number of hydrogen-bond acceptors (Lipinski definition) is 8. The molecule has 0 atom stereocenters. The van der Waals surface area contributed by atoms with Gasteiger partial charge >= 0.3 is 6.03 Å². The van der Waals surface area contributed by atoms with Crippen molar-refractivity contribution in [2.45, 2.75) is 0 Å². The van der Waals surface area contributed by atoms with E-state index < -0.39 is 11.9 Å². The van der Waals surface area contributed by atoms with E-state index in [1.54, 1.807) is 42.5 Å². The molecule has 0 aliphatic carbocycles. The van der Waals surface area contributed by atoms with Gasteiger partial charge < -0.3 is 24.8 Å². The number of amides is 3. The predicted octanol–water partition coefficient (Wildman–Crippen LogP) is 6.44. The second-order valence-corrected chi connectivity index (χ2v) is 9.38. The Balaban J connectivity index is 1.31. The van der Waals surface area contributed by atoms with Gasteiger partial charge in [-0.3, -0.25) is 4.79 Å². The van der Waals surface area contributed by atoms with Crippen molar-refractivity contribution in [3.63, 3.8) is 0 Å². The van der Waals surface area contributed by atoms with Gasteiger partial charge in [0.25, 0.3) is 5.91 Å². The average Bonchev–Trinajstić information content (AvgIpc) is 3.34. The lowest BCUT2D eigenvalue weighted by atomic mass is 10.2. The molecular weight excluding hydrogens is 518 g/mol. The molecule has 0 fully saturated rings. The van der Waals surface area contributed by atoms with Crippen LogP contribution in [0, 0.1) is 0 Å². The smallest absolute Gasteiger partial charge is 0.332 e. The van der Waals surface area contributed by atoms with Crippen LogP contribution in [-0.4, -0.2) is 36.1 Å². The van der Waals surface area contributed by atoms with Crippen LogP contribution in [0.15, 0.2) is 79.1 Å². The molecule has 0 unspecified atom stereocenters. The number of nitrogens with zero attached hydrogens (tertiary/aromatic N) is 3. The summed E-state index contributed by atoms with van der Waals surface area (Å²) in [6.07, 6.45) is 1.38. The number of benzene rings is 3. The first-order valence-corrected chi connectivity index (χ1v) is 12.6. The fourth-order valence-electron chi connectivity index (χ4n) is 4.26. The second-order valence-electron chi connectivity index (χ2n) is 8.38. The molecule has 1 aliphatic heterocycles. The highest BCUT2D eigenvalue weighted by Gasteiger charge is 2.34. The Labute approximate surface area is 226 Å². The first-order chi connectivity index (χ1) is 19.1. The molecule has 39 heavy (non-hydrogen) atoms. The van der Waals surface area contributed by atoms with Gasteiger partial charge in [-0.05, 0) is 48.5 Å². The molecule has 3 amide bonds. The zero-order valence-electron chi connectivity index (χ0n) is 20.8. The highest BCUT2D eigenvalue weighted by molar-refractivity contribution is 7.21. The van der Waals surface area contributed by atoms with E-state index in [0.29, 0.717) is 61.0 Å². The Morgan fingerprint density at radius 1 is 0.923 bits per heavy atom. The predicted molar refractivity (Wildman–Crippen MR) is 149 cm³/mol. The maximum atomic E-state index is 13.3. The Kier molecular flexibility index (Phi) is 6.17. The fourth-order valence-corrected chi connectivity index (χ4v) is 5.24. The lowest BCUT2D eigenvalue weighted by molar-refractivity contribution is 0.103. The third-order valence-electron chi connectivity index (χ3n) is 6.04. The van der Waals surface area contributed by atoms with Crippen LogP contribution in [0.1, 0.15) is 9.67 Å². The largest absolute Gasteiger partial charge is 0.493 e. The number of para-hydroxylation sites is 1. The summed E-state index contributed by atoms with van der Waals surface area (Å²) in [5.41, 5.74) is 1.46. The van der Waals surface area contributed by atoms with Crippen molar-refractivity contribution < 1.29 is 23.8 Å². The number of nitrogens with one attached hydrogen (secondary N) is 2. The minimum Gasteiger partial charge on any atom is -0.493 e. The maximum Gasteiger partial charge on any atom is 0.332 e. The number of methoxy groups -OCH3 is 2. The van der Waals surface area contributed by atoms with Crippen molar-refractivity contribution in [3.8, 4) is 23.0 Å². The average molecular weight is 540 g/mol. The van der Waals surface area contributed by atoms with E-state index in [1.165, 1.54) is 36.8 Å².